The highest BCUT2D eigenvalue weighted by Crippen LogP contribution is 2.35. The second-order valence-corrected chi connectivity index (χ2v) is 9.72. The maximum Gasteiger partial charge on any atom is 0.234 e. The summed E-state index contributed by atoms with van der Waals surface area (Å²) in [6, 6.07) is 7.53. The van der Waals surface area contributed by atoms with Crippen molar-refractivity contribution in [3.05, 3.63) is 35.1 Å². The van der Waals surface area contributed by atoms with Crippen LogP contribution in [0.1, 0.15) is 19.8 Å². The van der Waals surface area contributed by atoms with Gasteiger partial charge >= 0.3 is 0 Å². The number of amides is 1. The van der Waals surface area contributed by atoms with Gasteiger partial charge in [-0.3, -0.25) is 4.79 Å². The van der Waals surface area contributed by atoms with E-state index in [0.29, 0.717) is 11.6 Å². The van der Waals surface area contributed by atoms with Crippen molar-refractivity contribution in [1.82, 2.24) is 15.0 Å². The standard InChI is InChI=1S/C19H20BrN5OS2/c1-12-3-2-8-25(9-12)19-24-17-16(28-19)18(22-11-21-17)27-10-15(26)23-14-6-4-13(20)5-7-14/h4-7,11-12H,2-3,8-10H2,1H3,(H,23,26). The topological polar surface area (TPSA) is 71.0 Å². The Hall–Kier alpha value is -1.71. The van der Waals surface area contributed by atoms with Crippen molar-refractivity contribution in [3.63, 3.8) is 0 Å². The van der Waals surface area contributed by atoms with Gasteiger partial charge in [0.1, 0.15) is 16.1 Å². The predicted octanol–water partition coefficient (Wildman–Crippen LogP) is 4.82. The Labute approximate surface area is 180 Å². The van der Waals surface area contributed by atoms with E-state index in [2.05, 4.69) is 43.0 Å². The van der Waals surface area contributed by atoms with Crippen molar-refractivity contribution in [1.29, 1.82) is 0 Å². The molecule has 1 saturated heterocycles. The van der Waals surface area contributed by atoms with Crippen LogP contribution in [0.25, 0.3) is 10.3 Å². The van der Waals surface area contributed by atoms with Crippen molar-refractivity contribution >= 4 is 66.1 Å². The van der Waals surface area contributed by atoms with Crippen molar-refractivity contribution < 1.29 is 4.79 Å². The molecule has 0 spiro atoms. The number of carbonyl (C=O) groups is 1. The van der Waals surface area contributed by atoms with E-state index in [4.69, 9.17) is 4.98 Å². The highest BCUT2D eigenvalue weighted by molar-refractivity contribution is 9.10. The Balaban J connectivity index is 1.44. The minimum atomic E-state index is -0.0614. The fourth-order valence-corrected chi connectivity index (χ4v) is 5.38. The predicted molar refractivity (Wildman–Crippen MR) is 119 cm³/mol. The largest absolute Gasteiger partial charge is 0.348 e. The first-order valence-corrected chi connectivity index (χ1v) is 11.7. The average molecular weight is 478 g/mol. The highest BCUT2D eigenvalue weighted by atomic mass is 79.9. The van der Waals surface area contributed by atoms with Crippen LogP contribution in [0, 0.1) is 5.92 Å². The first-order valence-electron chi connectivity index (χ1n) is 9.13. The van der Waals surface area contributed by atoms with E-state index in [-0.39, 0.29) is 11.7 Å². The van der Waals surface area contributed by atoms with E-state index in [9.17, 15) is 4.79 Å². The van der Waals surface area contributed by atoms with Gasteiger partial charge in [0.05, 0.1) is 5.75 Å². The van der Waals surface area contributed by atoms with Crippen LogP contribution in [0.3, 0.4) is 0 Å². The van der Waals surface area contributed by atoms with Crippen molar-refractivity contribution in [2.24, 2.45) is 5.92 Å². The van der Waals surface area contributed by atoms with Crippen molar-refractivity contribution in [2.75, 3.05) is 29.1 Å². The van der Waals surface area contributed by atoms with E-state index < -0.39 is 0 Å². The summed E-state index contributed by atoms with van der Waals surface area (Å²) in [6.07, 6.45) is 4.00. The maximum atomic E-state index is 12.3. The number of thiazole rings is 1. The van der Waals surface area contributed by atoms with Gasteiger partial charge in [-0.25, -0.2) is 9.97 Å². The first kappa shape index (κ1) is 19.6. The van der Waals surface area contributed by atoms with E-state index in [1.165, 1.54) is 30.9 Å². The zero-order valence-electron chi connectivity index (χ0n) is 15.4. The average Bonchev–Trinajstić information content (AvgIpc) is 3.13. The lowest BCUT2D eigenvalue weighted by molar-refractivity contribution is -0.113. The number of aromatic nitrogens is 3. The van der Waals surface area contributed by atoms with Gasteiger partial charge in [0.15, 0.2) is 10.8 Å². The molecule has 0 saturated carbocycles. The van der Waals surface area contributed by atoms with Crippen molar-refractivity contribution in [2.45, 2.75) is 24.8 Å². The molecular weight excluding hydrogens is 458 g/mol. The monoisotopic (exact) mass is 477 g/mol. The van der Waals surface area contributed by atoms with E-state index >= 15 is 0 Å². The minimum absolute atomic E-state index is 0.0614. The molecule has 3 heterocycles. The molecule has 1 amide bonds. The molecule has 1 unspecified atom stereocenters. The lowest BCUT2D eigenvalue weighted by Crippen LogP contribution is -2.34. The molecule has 28 heavy (non-hydrogen) atoms. The SMILES string of the molecule is CC1CCCN(c2nc3ncnc(SCC(=O)Nc4ccc(Br)cc4)c3s2)C1. The summed E-state index contributed by atoms with van der Waals surface area (Å²) in [6.45, 7) is 4.35. The number of thioether (sulfide) groups is 1. The van der Waals surface area contributed by atoms with Gasteiger partial charge in [0.25, 0.3) is 0 Å². The minimum Gasteiger partial charge on any atom is -0.348 e. The molecule has 1 aliphatic heterocycles. The quantitative estimate of drug-likeness (QED) is 0.419. The number of hydrogen-bond acceptors (Lipinski definition) is 7. The summed E-state index contributed by atoms with van der Waals surface area (Å²) in [7, 11) is 0. The first-order chi connectivity index (χ1) is 13.6. The van der Waals surface area contributed by atoms with Crippen LogP contribution in [-0.2, 0) is 4.79 Å². The number of anilines is 2. The van der Waals surface area contributed by atoms with E-state index in [1.54, 1.807) is 11.3 Å². The Bertz CT molecular complexity index is 978. The molecule has 4 rings (SSSR count). The van der Waals surface area contributed by atoms with Gasteiger partial charge in [-0.15, -0.1) is 0 Å². The number of hydrogen-bond donors (Lipinski definition) is 1. The normalized spacial score (nSPS) is 17.1. The molecule has 0 bridgehead atoms. The number of nitrogens with one attached hydrogen (secondary N) is 1. The van der Waals surface area contributed by atoms with Gasteiger partial charge < -0.3 is 10.2 Å². The number of rotatable bonds is 5. The maximum absolute atomic E-state index is 12.3. The van der Waals surface area contributed by atoms with Gasteiger partial charge in [-0.2, -0.15) is 4.98 Å². The number of piperidine rings is 1. The summed E-state index contributed by atoms with van der Waals surface area (Å²) in [5, 5.41) is 4.72. The molecule has 1 aliphatic rings. The third-order valence-corrected chi connectivity index (χ3v) is 7.30. The third-order valence-electron chi connectivity index (χ3n) is 4.54. The molecule has 1 atom stereocenters. The summed E-state index contributed by atoms with van der Waals surface area (Å²) >= 11 is 6.43. The number of nitrogens with zero attached hydrogens (tertiary/aromatic N) is 4. The van der Waals surface area contributed by atoms with Crippen molar-refractivity contribution in [3.8, 4) is 0 Å². The van der Waals surface area contributed by atoms with Gasteiger partial charge in [-0.1, -0.05) is 46.0 Å². The Morgan fingerprint density at radius 2 is 2.18 bits per heavy atom. The number of fused-ring (bicyclic) bond motifs is 1. The second kappa shape index (κ2) is 8.75. The fraction of sp³-hybridized carbons (Fsp3) is 0.368. The van der Waals surface area contributed by atoms with Crippen LogP contribution in [0.2, 0.25) is 0 Å². The Kier molecular flexibility index (Phi) is 6.13. The lowest BCUT2D eigenvalue weighted by Gasteiger charge is -2.30. The Morgan fingerprint density at radius 1 is 1.36 bits per heavy atom. The number of carbonyl (C=O) groups excluding carboxylic acids is 1. The zero-order valence-corrected chi connectivity index (χ0v) is 18.6. The molecule has 2 aromatic heterocycles. The Morgan fingerprint density at radius 3 is 2.96 bits per heavy atom. The molecule has 0 radical (unpaired) electrons. The summed E-state index contributed by atoms with van der Waals surface area (Å²) in [4.78, 5) is 28.1. The number of halogens is 1. The fourth-order valence-electron chi connectivity index (χ4n) is 3.19. The van der Waals surface area contributed by atoms with E-state index in [1.807, 2.05) is 24.3 Å². The highest BCUT2D eigenvalue weighted by Gasteiger charge is 2.21. The zero-order chi connectivity index (χ0) is 19.5. The molecule has 146 valence electrons. The molecule has 3 aromatic rings. The molecule has 1 aromatic carbocycles. The summed E-state index contributed by atoms with van der Waals surface area (Å²) in [5.74, 6) is 0.910. The molecule has 9 heteroatoms. The van der Waals surface area contributed by atoms with Crippen LogP contribution < -0.4 is 10.2 Å². The number of benzene rings is 1. The molecule has 1 fully saturated rings. The second-order valence-electron chi connectivity index (χ2n) is 6.87. The summed E-state index contributed by atoms with van der Waals surface area (Å²) in [5.41, 5.74) is 1.49. The smallest absolute Gasteiger partial charge is 0.234 e. The van der Waals surface area contributed by atoms with Crippen LogP contribution >= 0.6 is 39.0 Å². The van der Waals surface area contributed by atoms with Gasteiger partial charge in [0, 0.05) is 23.2 Å². The third kappa shape index (κ3) is 4.64. The molecule has 6 nitrogen and oxygen atoms in total. The molecule has 1 N–H and O–H groups in total. The molecule has 0 aliphatic carbocycles. The van der Waals surface area contributed by atoms with Crippen LogP contribution in [-0.4, -0.2) is 39.7 Å². The summed E-state index contributed by atoms with van der Waals surface area (Å²) < 4.78 is 1.93. The van der Waals surface area contributed by atoms with Crippen LogP contribution in [0.4, 0.5) is 10.8 Å². The van der Waals surface area contributed by atoms with E-state index in [0.717, 1.165) is 38.1 Å². The van der Waals surface area contributed by atoms with Crippen LogP contribution in [0.15, 0.2) is 40.1 Å². The molecular formula is C19H20BrN5OS2. The van der Waals surface area contributed by atoms with Crippen LogP contribution in [0.5, 0.6) is 0 Å². The lowest BCUT2D eigenvalue weighted by atomic mass is 10.0. The van der Waals surface area contributed by atoms with Gasteiger partial charge in [0.2, 0.25) is 5.91 Å². The van der Waals surface area contributed by atoms with Gasteiger partial charge in [-0.05, 0) is 43.0 Å².